The first-order chi connectivity index (χ1) is 9.27. The molecule has 1 unspecified atom stereocenters. The van der Waals surface area contributed by atoms with Gasteiger partial charge in [0.2, 0.25) is 0 Å². The summed E-state index contributed by atoms with van der Waals surface area (Å²) in [5.74, 6) is 0.258. The minimum absolute atomic E-state index is 0.121. The Labute approximate surface area is 115 Å². The maximum atomic E-state index is 13.6. The summed E-state index contributed by atoms with van der Waals surface area (Å²) in [4.78, 5) is 0. The summed E-state index contributed by atoms with van der Waals surface area (Å²) in [7, 11) is 3.57. The molecule has 0 aromatic heterocycles. The van der Waals surface area contributed by atoms with Crippen LogP contribution in [0.4, 0.5) is 4.39 Å². The van der Waals surface area contributed by atoms with Crippen molar-refractivity contribution in [3.05, 3.63) is 35.6 Å². The van der Waals surface area contributed by atoms with Crippen molar-refractivity contribution in [3.63, 3.8) is 0 Å². The van der Waals surface area contributed by atoms with Crippen molar-refractivity contribution in [1.29, 1.82) is 0 Å². The van der Waals surface area contributed by atoms with Crippen molar-refractivity contribution in [1.82, 2.24) is 5.32 Å². The topological polar surface area (TPSA) is 30.5 Å². The Balaban J connectivity index is 2.37. The third kappa shape index (κ3) is 6.66. The van der Waals surface area contributed by atoms with Crippen LogP contribution in [-0.2, 0) is 15.9 Å². The lowest BCUT2D eigenvalue weighted by atomic mass is 9.96. The standard InChI is InChI=1S/C15H24FNO2/c1-17-12-13(7-8-19-10-9-18-2)11-14-5-3-4-6-15(14)16/h3-6,13,17H,7-12H2,1-2H3. The zero-order valence-corrected chi connectivity index (χ0v) is 11.8. The number of hydrogen-bond donors (Lipinski definition) is 1. The largest absolute Gasteiger partial charge is 0.382 e. The second-order valence-electron chi connectivity index (χ2n) is 4.61. The fourth-order valence-electron chi connectivity index (χ4n) is 2.03. The van der Waals surface area contributed by atoms with Gasteiger partial charge in [-0.15, -0.1) is 0 Å². The predicted molar refractivity (Wildman–Crippen MR) is 74.8 cm³/mol. The molecular formula is C15H24FNO2. The molecule has 3 nitrogen and oxygen atoms in total. The lowest BCUT2D eigenvalue weighted by Gasteiger charge is -2.17. The monoisotopic (exact) mass is 269 g/mol. The first kappa shape index (κ1) is 16.1. The number of rotatable bonds is 10. The molecule has 4 heteroatoms. The van der Waals surface area contributed by atoms with E-state index in [4.69, 9.17) is 9.47 Å². The number of ether oxygens (including phenoxy) is 2. The molecule has 0 heterocycles. The van der Waals surface area contributed by atoms with Gasteiger partial charge in [0, 0.05) is 13.7 Å². The smallest absolute Gasteiger partial charge is 0.126 e. The zero-order chi connectivity index (χ0) is 13.9. The van der Waals surface area contributed by atoms with Gasteiger partial charge in [-0.25, -0.2) is 4.39 Å². The molecule has 1 aromatic carbocycles. The Bertz CT molecular complexity index is 347. The van der Waals surface area contributed by atoms with E-state index in [2.05, 4.69) is 5.32 Å². The molecular weight excluding hydrogens is 245 g/mol. The van der Waals surface area contributed by atoms with Gasteiger partial charge < -0.3 is 14.8 Å². The quantitative estimate of drug-likeness (QED) is 0.661. The second kappa shape index (κ2) is 9.89. The van der Waals surface area contributed by atoms with E-state index in [1.165, 1.54) is 6.07 Å². The maximum absolute atomic E-state index is 13.6. The Morgan fingerprint density at radius 2 is 2.00 bits per heavy atom. The van der Waals surface area contributed by atoms with E-state index in [9.17, 15) is 4.39 Å². The molecule has 19 heavy (non-hydrogen) atoms. The van der Waals surface area contributed by atoms with Crippen LogP contribution in [0.1, 0.15) is 12.0 Å². The SMILES string of the molecule is CNCC(CCOCCOC)Cc1ccccc1F. The number of hydrogen-bond acceptors (Lipinski definition) is 3. The van der Waals surface area contributed by atoms with Gasteiger partial charge in [-0.1, -0.05) is 18.2 Å². The average Bonchev–Trinajstić information content (AvgIpc) is 2.41. The van der Waals surface area contributed by atoms with Crippen LogP contribution in [0, 0.1) is 11.7 Å². The molecule has 0 bridgehead atoms. The number of nitrogens with one attached hydrogen (secondary N) is 1. The van der Waals surface area contributed by atoms with E-state index in [1.807, 2.05) is 19.2 Å². The molecule has 0 aliphatic rings. The highest BCUT2D eigenvalue weighted by molar-refractivity contribution is 5.17. The van der Waals surface area contributed by atoms with E-state index in [0.29, 0.717) is 25.7 Å². The summed E-state index contributed by atoms with van der Waals surface area (Å²) in [6.07, 6.45) is 1.65. The summed E-state index contributed by atoms with van der Waals surface area (Å²) < 4.78 is 24.0. The van der Waals surface area contributed by atoms with Gasteiger partial charge in [-0.3, -0.25) is 0 Å². The van der Waals surface area contributed by atoms with Crippen LogP contribution < -0.4 is 5.32 Å². The molecule has 0 amide bonds. The Hall–Kier alpha value is -0.970. The summed E-state index contributed by atoms with van der Waals surface area (Å²) >= 11 is 0. The third-order valence-electron chi connectivity index (χ3n) is 3.06. The molecule has 0 aliphatic heterocycles. The Morgan fingerprint density at radius 3 is 2.68 bits per heavy atom. The highest BCUT2D eigenvalue weighted by atomic mass is 19.1. The molecule has 1 atom stereocenters. The third-order valence-corrected chi connectivity index (χ3v) is 3.06. The van der Waals surface area contributed by atoms with Crippen molar-refractivity contribution in [2.75, 3.05) is 40.5 Å². The van der Waals surface area contributed by atoms with E-state index in [-0.39, 0.29) is 5.82 Å². The van der Waals surface area contributed by atoms with Gasteiger partial charge in [0.05, 0.1) is 13.2 Å². The van der Waals surface area contributed by atoms with Crippen LogP contribution in [0.2, 0.25) is 0 Å². The van der Waals surface area contributed by atoms with E-state index in [1.54, 1.807) is 13.2 Å². The molecule has 1 N–H and O–H groups in total. The van der Waals surface area contributed by atoms with Gasteiger partial charge in [0.1, 0.15) is 5.82 Å². The Kier molecular flexibility index (Phi) is 8.38. The fourth-order valence-corrected chi connectivity index (χ4v) is 2.03. The minimum atomic E-state index is -0.121. The average molecular weight is 269 g/mol. The van der Waals surface area contributed by atoms with Crippen molar-refractivity contribution >= 4 is 0 Å². The van der Waals surface area contributed by atoms with Crippen LogP contribution >= 0.6 is 0 Å². The van der Waals surface area contributed by atoms with E-state index >= 15 is 0 Å². The molecule has 0 radical (unpaired) electrons. The summed E-state index contributed by atoms with van der Waals surface area (Å²) in [5.41, 5.74) is 0.777. The van der Waals surface area contributed by atoms with Crippen molar-refractivity contribution < 1.29 is 13.9 Å². The number of benzene rings is 1. The molecule has 108 valence electrons. The predicted octanol–water partition coefficient (Wildman–Crippen LogP) is 2.26. The van der Waals surface area contributed by atoms with Gasteiger partial charge in [-0.05, 0) is 44.0 Å². The molecule has 1 rings (SSSR count). The number of methoxy groups -OCH3 is 1. The van der Waals surface area contributed by atoms with Gasteiger partial charge in [0.15, 0.2) is 0 Å². The highest BCUT2D eigenvalue weighted by Crippen LogP contribution is 2.15. The molecule has 0 saturated carbocycles. The highest BCUT2D eigenvalue weighted by Gasteiger charge is 2.11. The summed E-state index contributed by atoms with van der Waals surface area (Å²) in [6, 6.07) is 6.97. The van der Waals surface area contributed by atoms with Crippen molar-refractivity contribution in [2.45, 2.75) is 12.8 Å². The normalized spacial score (nSPS) is 12.6. The Morgan fingerprint density at radius 1 is 1.21 bits per heavy atom. The lowest BCUT2D eigenvalue weighted by Crippen LogP contribution is -2.23. The van der Waals surface area contributed by atoms with Crippen LogP contribution in [0.15, 0.2) is 24.3 Å². The lowest BCUT2D eigenvalue weighted by molar-refractivity contribution is 0.0637. The van der Waals surface area contributed by atoms with Crippen molar-refractivity contribution in [3.8, 4) is 0 Å². The molecule has 0 aliphatic carbocycles. The molecule has 1 aromatic rings. The van der Waals surface area contributed by atoms with Crippen LogP contribution in [-0.4, -0.2) is 40.5 Å². The van der Waals surface area contributed by atoms with Gasteiger partial charge in [-0.2, -0.15) is 0 Å². The fraction of sp³-hybridized carbons (Fsp3) is 0.600. The zero-order valence-electron chi connectivity index (χ0n) is 11.8. The maximum Gasteiger partial charge on any atom is 0.126 e. The number of halogens is 1. The molecule has 0 fully saturated rings. The van der Waals surface area contributed by atoms with Gasteiger partial charge >= 0.3 is 0 Å². The van der Waals surface area contributed by atoms with Crippen LogP contribution in [0.25, 0.3) is 0 Å². The van der Waals surface area contributed by atoms with E-state index < -0.39 is 0 Å². The van der Waals surface area contributed by atoms with E-state index in [0.717, 1.165) is 24.9 Å². The molecule has 0 saturated heterocycles. The molecule has 0 spiro atoms. The summed E-state index contributed by atoms with van der Waals surface area (Å²) in [6.45, 7) is 2.78. The minimum Gasteiger partial charge on any atom is -0.382 e. The first-order valence-corrected chi connectivity index (χ1v) is 6.72. The van der Waals surface area contributed by atoms with Gasteiger partial charge in [0.25, 0.3) is 0 Å². The second-order valence-corrected chi connectivity index (χ2v) is 4.61. The summed E-state index contributed by atoms with van der Waals surface area (Å²) in [5, 5.41) is 3.16. The van der Waals surface area contributed by atoms with Crippen LogP contribution in [0.5, 0.6) is 0 Å². The van der Waals surface area contributed by atoms with Crippen LogP contribution in [0.3, 0.4) is 0 Å². The van der Waals surface area contributed by atoms with Crippen molar-refractivity contribution in [2.24, 2.45) is 5.92 Å². The first-order valence-electron chi connectivity index (χ1n) is 6.72.